The predicted molar refractivity (Wildman–Crippen MR) is 97.9 cm³/mol. The summed E-state index contributed by atoms with van der Waals surface area (Å²) in [6, 6.07) is 13.3. The van der Waals surface area contributed by atoms with Crippen molar-refractivity contribution in [2.45, 2.75) is 25.3 Å². The van der Waals surface area contributed by atoms with Gasteiger partial charge in [-0.25, -0.2) is 4.79 Å². The van der Waals surface area contributed by atoms with Crippen LogP contribution >= 0.6 is 0 Å². The Kier molecular flexibility index (Phi) is 6.37. The number of hydrogen-bond donors (Lipinski definition) is 2. The van der Waals surface area contributed by atoms with Crippen LogP contribution in [0.3, 0.4) is 0 Å². The molecular weight excluding hydrogens is 324 g/mol. The van der Waals surface area contributed by atoms with Gasteiger partial charge in [-0.05, 0) is 49.2 Å². The van der Waals surface area contributed by atoms with Crippen LogP contribution in [0, 0.1) is 6.92 Å². The van der Waals surface area contributed by atoms with Gasteiger partial charge in [0.25, 0.3) is 0 Å². The molecule has 5 nitrogen and oxygen atoms in total. The van der Waals surface area contributed by atoms with Crippen LogP contribution < -0.4 is 10.6 Å². The number of ether oxygens (including phenoxy) is 1. The van der Waals surface area contributed by atoms with E-state index in [0.717, 1.165) is 27.4 Å². The number of amides is 1. The van der Waals surface area contributed by atoms with E-state index in [0.29, 0.717) is 13.2 Å². The molecule has 0 saturated carbocycles. The Morgan fingerprint density at radius 1 is 1.12 bits per heavy atom. The van der Waals surface area contributed by atoms with Gasteiger partial charge in [0.1, 0.15) is 0 Å². The van der Waals surface area contributed by atoms with Crippen LogP contribution in [0.15, 0.2) is 47.4 Å². The first-order chi connectivity index (χ1) is 11.5. The Hall–Kier alpha value is -2.34. The molecule has 0 heterocycles. The van der Waals surface area contributed by atoms with Crippen molar-refractivity contribution in [3.63, 3.8) is 0 Å². The van der Waals surface area contributed by atoms with Gasteiger partial charge in [0, 0.05) is 39.9 Å². The minimum atomic E-state index is -0.964. The molecule has 1 atom stereocenters. The summed E-state index contributed by atoms with van der Waals surface area (Å²) in [5, 5.41) is 6.09. The van der Waals surface area contributed by atoms with Crippen LogP contribution in [0.25, 0.3) is 0 Å². The van der Waals surface area contributed by atoms with Crippen LogP contribution in [0.5, 0.6) is 0 Å². The van der Waals surface area contributed by atoms with Gasteiger partial charge in [-0.15, -0.1) is 0 Å². The molecule has 0 radical (unpaired) electrons. The zero-order valence-electron chi connectivity index (χ0n) is 14.1. The van der Waals surface area contributed by atoms with Gasteiger partial charge >= 0.3 is 6.09 Å². The van der Waals surface area contributed by atoms with E-state index >= 15 is 0 Å². The second-order valence-corrected chi connectivity index (χ2v) is 6.65. The summed E-state index contributed by atoms with van der Waals surface area (Å²) in [6.07, 6.45) is 1.21. The molecule has 1 amide bonds. The molecule has 0 aliphatic heterocycles. The number of anilines is 2. The molecule has 0 unspecified atom stereocenters. The van der Waals surface area contributed by atoms with Crippen LogP contribution in [0.1, 0.15) is 18.1 Å². The molecule has 24 heavy (non-hydrogen) atoms. The normalized spacial score (nSPS) is 11.6. The standard InChI is InChI=1S/C18H22N2O3S/c1-4-23-18(21)20-17-7-5-6-16(13(17)2)19-12-14-8-10-15(11-9-14)24(3)22/h5-11,19H,4,12H2,1-3H3,(H,20,21)/t24-/m1/s1. The molecule has 6 heteroatoms. The third kappa shape index (κ3) is 4.83. The number of nitrogens with one attached hydrogen (secondary N) is 2. The first kappa shape index (κ1) is 18.0. The van der Waals surface area contributed by atoms with E-state index in [2.05, 4.69) is 10.6 Å². The molecule has 0 spiro atoms. The van der Waals surface area contributed by atoms with Crippen LogP contribution in [-0.4, -0.2) is 23.2 Å². The quantitative estimate of drug-likeness (QED) is 0.832. The monoisotopic (exact) mass is 346 g/mol. The highest BCUT2D eigenvalue weighted by Gasteiger charge is 2.08. The maximum Gasteiger partial charge on any atom is 0.411 e. The Labute approximate surface area is 144 Å². The lowest BCUT2D eigenvalue weighted by Gasteiger charge is -2.14. The van der Waals surface area contributed by atoms with Gasteiger partial charge in [-0.1, -0.05) is 18.2 Å². The maximum absolute atomic E-state index is 11.6. The molecule has 0 saturated heterocycles. The number of rotatable bonds is 6. The van der Waals surface area contributed by atoms with Gasteiger partial charge < -0.3 is 10.1 Å². The van der Waals surface area contributed by atoms with Crippen molar-refractivity contribution < 1.29 is 13.7 Å². The lowest BCUT2D eigenvalue weighted by atomic mass is 10.1. The Balaban J connectivity index is 2.04. The van der Waals surface area contributed by atoms with Crippen molar-refractivity contribution in [1.82, 2.24) is 0 Å². The third-order valence-electron chi connectivity index (χ3n) is 3.58. The lowest BCUT2D eigenvalue weighted by molar-refractivity contribution is 0.168. The van der Waals surface area contributed by atoms with Gasteiger partial charge in [-0.3, -0.25) is 9.53 Å². The number of hydrogen-bond acceptors (Lipinski definition) is 4. The minimum absolute atomic E-state index is 0.335. The van der Waals surface area contributed by atoms with Crippen molar-refractivity contribution in [1.29, 1.82) is 0 Å². The first-order valence-electron chi connectivity index (χ1n) is 7.71. The van der Waals surface area contributed by atoms with Crippen molar-refractivity contribution in [3.8, 4) is 0 Å². The summed E-state index contributed by atoms with van der Waals surface area (Å²) in [4.78, 5) is 12.4. The van der Waals surface area contributed by atoms with E-state index in [1.807, 2.05) is 49.4 Å². The fraction of sp³-hybridized carbons (Fsp3) is 0.278. The topological polar surface area (TPSA) is 67.4 Å². The highest BCUT2D eigenvalue weighted by atomic mass is 32.2. The highest BCUT2D eigenvalue weighted by molar-refractivity contribution is 7.84. The third-order valence-corrected chi connectivity index (χ3v) is 4.52. The molecular formula is C18H22N2O3S. The minimum Gasteiger partial charge on any atom is -0.450 e. The summed E-state index contributed by atoms with van der Waals surface area (Å²) in [5.74, 6) is 0. The predicted octanol–water partition coefficient (Wildman–Crippen LogP) is 3.91. The zero-order valence-corrected chi connectivity index (χ0v) is 14.9. The molecule has 0 bridgehead atoms. The second-order valence-electron chi connectivity index (χ2n) is 5.28. The largest absolute Gasteiger partial charge is 0.450 e. The maximum atomic E-state index is 11.6. The molecule has 0 aliphatic carbocycles. The molecule has 0 aliphatic rings. The number of benzene rings is 2. The lowest BCUT2D eigenvalue weighted by Crippen LogP contribution is -2.14. The van der Waals surface area contributed by atoms with E-state index in [1.54, 1.807) is 13.2 Å². The van der Waals surface area contributed by atoms with E-state index in [-0.39, 0.29) is 0 Å². The second kappa shape index (κ2) is 8.49. The SMILES string of the molecule is CCOC(=O)Nc1cccc(NCc2ccc([S@@](C)=O)cc2)c1C. The Morgan fingerprint density at radius 2 is 1.79 bits per heavy atom. The highest BCUT2D eigenvalue weighted by Crippen LogP contribution is 2.24. The van der Waals surface area contributed by atoms with Crippen LogP contribution in [0.2, 0.25) is 0 Å². The van der Waals surface area contributed by atoms with E-state index in [9.17, 15) is 9.00 Å². The van der Waals surface area contributed by atoms with Crippen molar-refractivity contribution in [3.05, 3.63) is 53.6 Å². The smallest absolute Gasteiger partial charge is 0.411 e. The van der Waals surface area contributed by atoms with E-state index in [4.69, 9.17) is 4.74 Å². The van der Waals surface area contributed by atoms with Gasteiger partial charge in [0.05, 0.1) is 6.61 Å². The van der Waals surface area contributed by atoms with Gasteiger partial charge in [0.2, 0.25) is 0 Å². The molecule has 0 fully saturated rings. The van der Waals surface area contributed by atoms with E-state index < -0.39 is 16.9 Å². The molecule has 2 rings (SSSR count). The fourth-order valence-corrected chi connectivity index (χ4v) is 2.76. The van der Waals surface area contributed by atoms with Crippen LogP contribution in [0.4, 0.5) is 16.2 Å². The fourth-order valence-electron chi connectivity index (χ4n) is 2.24. The summed E-state index contributed by atoms with van der Waals surface area (Å²) < 4.78 is 16.3. The van der Waals surface area contributed by atoms with Gasteiger partial charge in [0.15, 0.2) is 0 Å². The van der Waals surface area contributed by atoms with Gasteiger partial charge in [-0.2, -0.15) is 0 Å². The molecule has 2 aromatic carbocycles. The van der Waals surface area contributed by atoms with E-state index in [1.165, 1.54) is 0 Å². The number of carbonyl (C=O) groups is 1. The number of carbonyl (C=O) groups excluding carboxylic acids is 1. The molecule has 0 aromatic heterocycles. The summed E-state index contributed by atoms with van der Waals surface area (Å²) in [5.41, 5.74) is 3.69. The average molecular weight is 346 g/mol. The summed E-state index contributed by atoms with van der Waals surface area (Å²) >= 11 is 0. The first-order valence-corrected chi connectivity index (χ1v) is 9.26. The Morgan fingerprint density at radius 3 is 2.42 bits per heavy atom. The average Bonchev–Trinajstić information content (AvgIpc) is 2.56. The summed E-state index contributed by atoms with van der Waals surface area (Å²) in [6.45, 7) is 4.68. The molecule has 2 aromatic rings. The van der Waals surface area contributed by atoms with Crippen molar-refractivity contribution in [2.75, 3.05) is 23.5 Å². The molecule has 128 valence electrons. The van der Waals surface area contributed by atoms with Crippen LogP contribution in [-0.2, 0) is 22.1 Å². The zero-order chi connectivity index (χ0) is 17.5. The Bertz CT molecular complexity index is 730. The van der Waals surface area contributed by atoms with Crippen molar-refractivity contribution in [2.24, 2.45) is 0 Å². The molecule has 2 N–H and O–H groups in total. The summed E-state index contributed by atoms with van der Waals surface area (Å²) in [7, 11) is -0.964. The van der Waals surface area contributed by atoms with Crippen molar-refractivity contribution >= 4 is 28.3 Å².